The Kier molecular flexibility index (Phi) is 6.66. The number of fused-ring (bicyclic) bond motifs is 1. The molecule has 2 saturated carbocycles. The molecule has 0 saturated heterocycles. The van der Waals surface area contributed by atoms with Crippen LogP contribution in [-0.2, 0) is 0 Å². The summed E-state index contributed by atoms with van der Waals surface area (Å²) in [5.74, 6) is 1.50. The van der Waals surface area contributed by atoms with E-state index < -0.39 is 12.4 Å². The lowest BCUT2D eigenvalue weighted by Gasteiger charge is -2.42. The number of halogens is 3. The van der Waals surface area contributed by atoms with Gasteiger partial charge in [0.15, 0.2) is 11.6 Å². The summed E-state index contributed by atoms with van der Waals surface area (Å²) in [6.45, 7) is -0.787. The van der Waals surface area contributed by atoms with Gasteiger partial charge in [0.25, 0.3) is 0 Å². The number of hydrogen-bond acceptors (Lipinski definition) is 1. The van der Waals surface area contributed by atoms with Gasteiger partial charge >= 0.3 is 6.61 Å². The van der Waals surface area contributed by atoms with Crippen LogP contribution in [0.25, 0.3) is 0 Å². The Morgan fingerprint density at radius 2 is 1.88 bits per heavy atom. The van der Waals surface area contributed by atoms with Crippen molar-refractivity contribution in [1.82, 2.24) is 0 Å². The van der Waals surface area contributed by atoms with Gasteiger partial charge in [-0.05, 0) is 86.3 Å². The summed E-state index contributed by atoms with van der Waals surface area (Å²) >= 11 is 0. The number of hydrogen-bond donors (Lipinski definition) is 0. The minimum atomic E-state index is -2.99. The number of rotatable bonds is 6. The molecule has 4 atom stereocenters. The Labute approximate surface area is 154 Å². The highest BCUT2D eigenvalue weighted by Gasteiger charge is 2.35. The molecule has 0 spiro atoms. The summed E-state index contributed by atoms with van der Waals surface area (Å²) in [5.41, 5.74) is 0.924. The van der Waals surface area contributed by atoms with Crippen LogP contribution in [0.5, 0.6) is 5.75 Å². The van der Waals surface area contributed by atoms with Crippen molar-refractivity contribution in [2.45, 2.75) is 70.8 Å². The average Bonchev–Trinajstić information content (AvgIpc) is 2.63. The second-order valence-corrected chi connectivity index (χ2v) is 7.89. The highest BCUT2D eigenvalue weighted by atomic mass is 19.3. The van der Waals surface area contributed by atoms with Gasteiger partial charge in [0.1, 0.15) is 0 Å². The van der Waals surface area contributed by atoms with Crippen molar-refractivity contribution < 1.29 is 17.9 Å². The van der Waals surface area contributed by atoms with Crippen molar-refractivity contribution in [2.75, 3.05) is 0 Å². The number of benzene rings is 1. The maximum Gasteiger partial charge on any atom is 0.387 e. The molecule has 0 radical (unpaired) electrons. The minimum Gasteiger partial charge on any atom is -0.432 e. The normalized spacial score (nSPS) is 29.1. The first-order valence-corrected chi connectivity index (χ1v) is 9.97. The fraction of sp³-hybridized carbons (Fsp3) is 0.636. The molecule has 2 aliphatic carbocycles. The monoisotopic (exact) mass is 366 g/mol. The van der Waals surface area contributed by atoms with Gasteiger partial charge in [-0.1, -0.05) is 31.6 Å². The molecule has 0 aromatic heterocycles. The molecule has 1 nitrogen and oxygen atoms in total. The van der Waals surface area contributed by atoms with Crippen LogP contribution in [0.1, 0.15) is 69.8 Å². The Morgan fingerprint density at radius 3 is 2.62 bits per heavy atom. The van der Waals surface area contributed by atoms with Crippen molar-refractivity contribution in [2.24, 2.45) is 17.8 Å². The summed E-state index contributed by atoms with van der Waals surface area (Å²) < 4.78 is 42.8. The number of ether oxygens (including phenoxy) is 1. The lowest BCUT2D eigenvalue weighted by Crippen LogP contribution is -2.30. The lowest BCUT2D eigenvalue weighted by atomic mass is 9.64. The SMILES string of the molecule is CCCC=CC1CCC2CC(c3ccc(OC(F)F)c(F)c3)CCC2C1. The maximum atomic E-state index is 14.0. The van der Waals surface area contributed by atoms with Crippen molar-refractivity contribution in [3.05, 3.63) is 41.7 Å². The molecule has 144 valence electrons. The molecular weight excluding hydrogens is 337 g/mol. The third kappa shape index (κ3) is 4.83. The lowest BCUT2D eigenvalue weighted by molar-refractivity contribution is -0.0522. The second-order valence-electron chi connectivity index (χ2n) is 7.89. The summed E-state index contributed by atoms with van der Waals surface area (Å²) in [5, 5.41) is 0. The second kappa shape index (κ2) is 8.96. The molecule has 3 rings (SSSR count). The van der Waals surface area contributed by atoms with Gasteiger partial charge < -0.3 is 4.74 Å². The van der Waals surface area contributed by atoms with E-state index in [1.165, 1.54) is 50.7 Å². The fourth-order valence-electron chi connectivity index (χ4n) is 4.82. The van der Waals surface area contributed by atoms with Gasteiger partial charge in [-0.3, -0.25) is 0 Å². The molecule has 4 unspecified atom stereocenters. The van der Waals surface area contributed by atoms with E-state index in [2.05, 4.69) is 23.8 Å². The van der Waals surface area contributed by atoms with E-state index >= 15 is 0 Å². The molecule has 0 amide bonds. The van der Waals surface area contributed by atoms with Crippen LogP contribution in [0, 0.1) is 23.6 Å². The number of allylic oxidation sites excluding steroid dienone is 2. The zero-order valence-corrected chi connectivity index (χ0v) is 15.5. The van der Waals surface area contributed by atoms with Crippen LogP contribution in [0.2, 0.25) is 0 Å². The van der Waals surface area contributed by atoms with E-state index in [-0.39, 0.29) is 5.75 Å². The molecule has 1 aromatic carbocycles. The molecule has 0 N–H and O–H groups in total. The molecule has 26 heavy (non-hydrogen) atoms. The summed E-state index contributed by atoms with van der Waals surface area (Å²) in [4.78, 5) is 0. The van der Waals surface area contributed by atoms with Crippen LogP contribution in [0.15, 0.2) is 30.4 Å². The molecular formula is C22H29F3O. The third-order valence-electron chi connectivity index (χ3n) is 6.16. The zero-order chi connectivity index (χ0) is 18.5. The molecule has 1 aromatic rings. The van der Waals surface area contributed by atoms with Crippen LogP contribution in [0.3, 0.4) is 0 Å². The first kappa shape index (κ1) is 19.3. The van der Waals surface area contributed by atoms with E-state index in [0.717, 1.165) is 30.2 Å². The molecule has 0 heterocycles. The van der Waals surface area contributed by atoms with E-state index in [9.17, 15) is 13.2 Å². The summed E-state index contributed by atoms with van der Waals surface area (Å²) in [6.07, 6.45) is 14.2. The van der Waals surface area contributed by atoms with E-state index in [4.69, 9.17) is 0 Å². The molecule has 4 heteroatoms. The van der Waals surface area contributed by atoms with Crippen molar-refractivity contribution in [1.29, 1.82) is 0 Å². The van der Waals surface area contributed by atoms with Gasteiger partial charge in [-0.15, -0.1) is 0 Å². The Hall–Kier alpha value is -1.45. The third-order valence-corrected chi connectivity index (χ3v) is 6.16. The highest BCUT2D eigenvalue weighted by Crippen LogP contribution is 2.48. The quantitative estimate of drug-likeness (QED) is 0.489. The fourth-order valence-corrected chi connectivity index (χ4v) is 4.82. The summed E-state index contributed by atoms with van der Waals surface area (Å²) in [6, 6.07) is 4.49. The predicted octanol–water partition coefficient (Wildman–Crippen LogP) is 7.08. The molecule has 2 fully saturated rings. The Bertz CT molecular complexity index is 613. The van der Waals surface area contributed by atoms with E-state index in [1.54, 1.807) is 6.07 Å². The minimum absolute atomic E-state index is 0.332. The van der Waals surface area contributed by atoms with Gasteiger partial charge in [0.2, 0.25) is 0 Å². The van der Waals surface area contributed by atoms with Crippen molar-refractivity contribution in [3.8, 4) is 5.75 Å². The zero-order valence-electron chi connectivity index (χ0n) is 15.5. The number of alkyl halides is 2. The average molecular weight is 366 g/mol. The smallest absolute Gasteiger partial charge is 0.387 e. The van der Waals surface area contributed by atoms with Crippen LogP contribution >= 0.6 is 0 Å². The summed E-state index contributed by atoms with van der Waals surface area (Å²) in [7, 11) is 0. The first-order chi connectivity index (χ1) is 12.6. The maximum absolute atomic E-state index is 14.0. The topological polar surface area (TPSA) is 9.23 Å². The number of unbranched alkanes of at least 4 members (excludes halogenated alkanes) is 1. The largest absolute Gasteiger partial charge is 0.432 e. The van der Waals surface area contributed by atoms with Gasteiger partial charge in [0, 0.05) is 0 Å². The van der Waals surface area contributed by atoms with Crippen molar-refractivity contribution in [3.63, 3.8) is 0 Å². The van der Waals surface area contributed by atoms with Crippen LogP contribution in [-0.4, -0.2) is 6.61 Å². The van der Waals surface area contributed by atoms with Gasteiger partial charge in [0.05, 0.1) is 0 Å². The molecule has 2 aliphatic rings. The van der Waals surface area contributed by atoms with Crippen LogP contribution < -0.4 is 4.74 Å². The standard InChI is InChI=1S/C22H29F3O/c1-2-3-4-5-15-6-7-17-13-18(9-8-16(17)12-15)19-10-11-21(20(23)14-19)26-22(24)25/h4-5,10-11,14-18,22H,2-3,6-9,12-13H2,1H3. The van der Waals surface area contributed by atoms with Crippen LogP contribution in [0.4, 0.5) is 13.2 Å². The Morgan fingerprint density at radius 1 is 1.12 bits per heavy atom. The van der Waals surface area contributed by atoms with E-state index in [1.807, 2.05) is 0 Å². The molecule has 0 aliphatic heterocycles. The Balaban J connectivity index is 1.58. The predicted molar refractivity (Wildman–Crippen MR) is 98.0 cm³/mol. The van der Waals surface area contributed by atoms with Crippen molar-refractivity contribution >= 4 is 0 Å². The van der Waals surface area contributed by atoms with E-state index in [0.29, 0.717) is 11.8 Å². The van der Waals surface area contributed by atoms with Gasteiger partial charge in [-0.25, -0.2) is 4.39 Å². The van der Waals surface area contributed by atoms with Gasteiger partial charge in [-0.2, -0.15) is 8.78 Å². The molecule has 0 bridgehead atoms. The highest BCUT2D eigenvalue weighted by molar-refractivity contribution is 5.31. The first-order valence-electron chi connectivity index (χ1n) is 9.97.